The van der Waals surface area contributed by atoms with E-state index in [1.165, 1.54) is 0 Å². The average molecular weight is 180 g/mol. The monoisotopic (exact) mass is 180 g/mol. The van der Waals surface area contributed by atoms with Crippen molar-refractivity contribution in [3.05, 3.63) is 28.8 Å². The van der Waals surface area contributed by atoms with Crippen molar-refractivity contribution in [3.63, 3.8) is 0 Å². The molecule has 72 valence electrons. The standard InChI is InChI=1S/C10H16N2O/c1-6-3-4-8(9(11)5-13)10(12)7(6)2/h3-4,9,13H,5,11-12H2,1-2H3/t9-/m0/s1. The lowest BCUT2D eigenvalue weighted by atomic mass is 9.99. The van der Waals surface area contributed by atoms with Crippen LogP contribution < -0.4 is 11.5 Å². The summed E-state index contributed by atoms with van der Waals surface area (Å²) in [7, 11) is 0. The van der Waals surface area contributed by atoms with E-state index in [1.54, 1.807) is 0 Å². The number of rotatable bonds is 2. The molecular formula is C10H16N2O. The fourth-order valence-electron chi connectivity index (χ4n) is 1.28. The van der Waals surface area contributed by atoms with Gasteiger partial charge >= 0.3 is 0 Å². The zero-order chi connectivity index (χ0) is 10.0. The van der Waals surface area contributed by atoms with E-state index in [0.29, 0.717) is 5.69 Å². The predicted molar refractivity (Wildman–Crippen MR) is 54.3 cm³/mol. The normalized spacial score (nSPS) is 12.9. The molecule has 1 atom stereocenters. The Morgan fingerprint density at radius 1 is 1.38 bits per heavy atom. The van der Waals surface area contributed by atoms with Crippen LogP contribution in [-0.2, 0) is 0 Å². The van der Waals surface area contributed by atoms with Gasteiger partial charge in [0.25, 0.3) is 0 Å². The van der Waals surface area contributed by atoms with Crippen molar-refractivity contribution in [2.45, 2.75) is 19.9 Å². The minimum Gasteiger partial charge on any atom is -0.398 e. The molecule has 0 bridgehead atoms. The van der Waals surface area contributed by atoms with Crippen LogP contribution in [0, 0.1) is 13.8 Å². The minimum absolute atomic E-state index is 0.0767. The Hall–Kier alpha value is -1.06. The van der Waals surface area contributed by atoms with Gasteiger partial charge in [-0.15, -0.1) is 0 Å². The van der Waals surface area contributed by atoms with Gasteiger partial charge in [-0.25, -0.2) is 0 Å². The third-order valence-electron chi connectivity index (χ3n) is 2.42. The average Bonchev–Trinajstić information content (AvgIpc) is 2.13. The molecular weight excluding hydrogens is 164 g/mol. The summed E-state index contributed by atoms with van der Waals surface area (Å²) >= 11 is 0. The largest absolute Gasteiger partial charge is 0.398 e. The van der Waals surface area contributed by atoms with Crippen LogP contribution in [0.2, 0.25) is 0 Å². The molecule has 3 heteroatoms. The highest BCUT2D eigenvalue weighted by atomic mass is 16.3. The number of aryl methyl sites for hydroxylation is 1. The summed E-state index contributed by atoms with van der Waals surface area (Å²) < 4.78 is 0. The van der Waals surface area contributed by atoms with E-state index in [9.17, 15) is 0 Å². The van der Waals surface area contributed by atoms with E-state index in [4.69, 9.17) is 16.6 Å². The molecule has 0 amide bonds. The third-order valence-corrected chi connectivity index (χ3v) is 2.42. The van der Waals surface area contributed by atoms with Crippen LogP contribution in [-0.4, -0.2) is 11.7 Å². The molecule has 0 aliphatic carbocycles. The Balaban J connectivity index is 3.18. The lowest BCUT2D eigenvalue weighted by Gasteiger charge is -2.14. The fraction of sp³-hybridized carbons (Fsp3) is 0.400. The first kappa shape index (κ1) is 10.0. The van der Waals surface area contributed by atoms with Crippen molar-refractivity contribution >= 4 is 5.69 Å². The van der Waals surface area contributed by atoms with E-state index in [1.807, 2.05) is 26.0 Å². The topological polar surface area (TPSA) is 72.3 Å². The second-order valence-corrected chi connectivity index (χ2v) is 3.30. The van der Waals surface area contributed by atoms with Gasteiger partial charge in [-0.1, -0.05) is 12.1 Å². The smallest absolute Gasteiger partial charge is 0.0625 e. The summed E-state index contributed by atoms with van der Waals surface area (Å²) in [6, 6.07) is 3.47. The molecule has 0 aliphatic heterocycles. The van der Waals surface area contributed by atoms with Gasteiger partial charge in [0.05, 0.1) is 12.6 Å². The summed E-state index contributed by atoms with van der Waals surface area (Å²) in [6.45, 7) is 3.88. The van der Waals surface area contributed by atoms with Crippen molar-refractivity contribution in [3.8, 4) is 0 Å². The van der Waals surface area contributed by atoms with Gasteiger partial charge in [-0.05, 0) is 30.5 Å². The Labute approximate surface area is 78.4 Å². The molecule has 0 heterocycles. The third kappa shape index (κ3) is 1.82. The van der Waals surface area contributed by atoms with E-state index in [-0.39, 0.29) is 12.6 Å². The summed E-state index contributed by atoms with van der Waals surface area (Å²) in [4.78, 5) is 0. The van der Waals surface area contributed by atoms with Crippen molar-refractivity contribution in [1.29, 1.82) is 0 Å². The maximum absolute atomic E-state index is 8.89. The number of nitrogens with two attached hydrogens (primary N) is 2. The quantitative estimate of drug-likeness (QED) is 0.591. The van der Waals surface area contributed by atoms with Crippen molar-refractivity contribution in [2.24, 2.45) is 5.73 Å². The molecule has 0 saturated carbocycles. The number of benzene rings is 1. The number of aliphatic hydroxyl groups excluding tert-OH is 1. The molecule has 0 aromatic heterocycles. The van der Waals surface area contributed by atoms with Gasteiger partial charge in [-0.2, -0.15) is 0 Å². The Kier molecular flexibility index (Phi) is 2.90. The molecule has 1 aromatic rings. The first-order chi connectivity index (χ1) is 6.07. The summed E-state index contributed by atoms with van der Waals surface area (Å²) in [5.41, 5.74) is 15.3. The van der Waals surface area contributed by atoms with Gasteiger partial charge in [0, 0.05) is 5.69 Å². The molecule has 0 aliphatic rings. The van der Waals surface area contributed by atoms with Gasteiger partial charge in [0.1, 0.15) is 0 Å². The second-order valence-electron chi connectivity index (χ2n) is 3.30. The highest BCUT2D eigenvalue weighted by Crippen LogP contribution is 2.24. The number of nitrogen functional groups attached to an aromatic ring is 1. The SMILES string of the molecule is Cc1ccc([C@@H](N)CO)c(N)c1C. The number of anilines is 1. The van der Waals surface area contributed by atoms with E-state index < -0.39 is 0 Å². The summed E-state index contributed by atoms with van der Waals surface area (Å²) in [6.07, 6.45) is 0. The summed E-state index contributed by atoms with van der Waals surface area (Å²) in [5.74, 6) is 0. The molecule has 0 saturated heterocycles. The highest BCUT2D eigenvalue weighted by molar-refractivity contribution is 5.57. The van der Waals surface area contributed by atoms with Crippen LogP contribution in [0.15, 0.2) is 12.1 Å². The first-order valence-electron chi connectivity index (χ1n) is 4.30. The maximum Gasteiger partial charge on any atom is 0.0625 e. The fourth-order valence-corrected chi connectivity index (χ4v) is 1.28. The first-order valence-corrected chi connectivity index (χ1v) is 4.30. The lowest BCUT2D eigenvalue weighted by Crippen LogP contribution is -2.17. The molecule has 5 N–H and O–H groups in total. The molecule has 0 fully saturated rings. The van der Waals surface area contributed by atoms with Crippen molar-refractivity contribution in [2.75, 3.05) is 12.3 Å². The Morgan fingerprint density at radius 3 is 2.54 bits per heavy atom. The van der Waals surface area contributed by atoms with E-state index >= 15 is 0 Å². The van der Waals surface area contributed by atoms with Crippen LogP contribution in [0.5, 0.6) is 0 Å². The summed E-state index contributed by atoms with van der Waals surface area (Å²) in [5, 5.41) is 8.89. The number of aliphatic hydroxyl groups is 1. The van der Waals surface area contributed by atoms with Crippen LogP contribution in [0.25, 0.3) is 0 Å². The molecule has 1 aromatic carbocycles. The number of hydrogen-bond acceptors (Lipinski definition) is 3. The van der Waals surface area contributed by atoms with Crippen LogP contribution in [0.1, 0.15) is 22.7 Å². The van der Waals surface area contributed by atoms with Crippen LogP contribution in [0.3, 0.4) is 0 Å². The second kappa shape index (κ2) is 3.77. The van der Waals surface area contributed by atoms with Gasteiger partial charge < -0.3 is 16.6 Å². The van der Waals surface area contributed by atoms with Gasteiger partial charge in [0.2, 0.25) is 0 Å². The minimum atomic E-state index is -0.376. The van der Waals surface area contributed by atoms with E-state index in [0.717, 1.165) is 16.7 Å². The molecule has 0 radical (unpaired) electrons. The zero-order valence-corrected chi connectivity index (χ0v) is 8.04. The zero-order valence-electron chi connectivity index (χ0n) is 8.04. The molecule has 3 nitrogen and oxygen atoms in total. The van der Waals surface area contributed by atoms with E-state index in [2.05, 4.69) is 0 Å². The Morgan fingerprint density at radius 2 is 2.00 bits per heavy atom. The molecule has 0 unspecified atom stereocenters. The molecule has 0 spiro atoms. The van der Waals surface area contributed by atoms with Crippen molar-refractivity contribution < 1.29 is 5.11 Å². The predicted octanol–water partition coefficient (Wildman–Crippen LogP) is 0.878. The lowest BCUT2D eigenvalue weighted by molar-refractivity contribution is 0.268. The van der Waals surface area contributed by atoms with Crippen LogP contribution >= 0.6 is 0 Å². The number of hydrogen-bond donors (Lipinski definition) is 3. The maximum atomic E-state index is 8.89. The molecule has 1 rings (SSSR count). The van der Waals surface area contributed by atoms with Crippen LogP contribution in [0.4, 0.5) is 5.69 Å². The highest BCUT2D eigenvalue weighted by Gasteiger charge is 2.10. The van der Waals surface area contributed by atoms with Gasteiger partial charge in [-0.3, -0.25) is 0 Å². The van der Waals surface area contributed by atoms with Crippen molar-refractivity contribution in [1.82, 2.24) is 0 Å². The van der Waals surface area contributed by atoms with Gasteiger partial charge in [0.15, 0.2) is 0 Å². The molecule has 13 heavy (non-hydrogen) atoms. The Bertz CT molecular complexity index is 310.